The van der Waals surface area contributed by atoms with Gasteiger partial charge in [0.15, 0.2) is 11.4 Å². The summed E-state index contributed by atoms with van der Waals surface area (Å²) < 4.78 is 5.99. The van der Waals surface area contributed by atoms with Crippen molar-refractivity contribution in [2.24, 2.45) is 0 Å². The first kappa shape index (κ1) is 25.3. The Morgan fingerprint density at radius 1 is 0.946 bits per heavy atom. The van der Waals surface area contributed by atoms with Gasteiger partial charge in [0.2, 0.25) is 0 Å². The number of benzene rings is 3. The molecule has 0 unspecified atom stereocenters. The highest BCUT2D eigenvalue weighted by Gasteiger charge is 2.64. The van der Waals surface area contributed by atoms with Crippen molar-refractivity contribution in [3.05, 3.63) is 101 Å². The Morgan fingerprint density at radius 2 is 1.51 bits per heavy atom. The molecule has 0 aliphatic carbocycles. The summed E-state index contributed by atoms with van der Waals surface area (Å²) in [4.78, 5) is 42.5. The van der Waals surface area contributed by atoms with Gasteiger partial charge in [-0.2, -0.15) is 0 Å². The Hall–Kier alpha value is -3.34. The number of fused-ring (bicyclic) bond motifs is 1. The van der Waals surface area contributed by atoms with Gasteiger partial charge < -0.3 is 20.1 Å². The van der Waals surface area contributed by atoms with Gasteiger partial charge in [0.1, 0.15) is 23.7 Å². The molecule has 190 valence electrons. The first-order chi connectivity index (χ1) is 17.8. The predicted molar refractivity (Wildman–Crippen MR) is 135 cm³/mol. The Labute approximate surface area is 217 Å². The van der Waals surface area contributed by atoms with E-state index in [1.54, 1.807) is 42.5 Å². The van der Waals surface area contributed by atoms with Gasteiger partial charge in [0.25, 0.3) is 11.8 Å². The van der Waals surface area contributed by atoms with Crippen LogP contribution in [0.4, 0.5) is 0 Å². The third-order valence-electron chi connectivity index (χ3n) is 6.78. The molecule has 1 fully saturated rings. The van der Waals surface area contributed by atoms with Crippen molar-refractivity contribution in [2.45, 2.75) is 41.1 Å². The molecule has 5 rings (SSSR count). The molecule has 0 saturated carbocycles. The SMILES string of the molecule is Cc1ccc(S[C@@H]2O[C@H](CO)[C@@H](O)[C@@](O)(C(=O)c3ccccc3)[C@@H]2N2C(=O)c3ccccc3C2=O)cc1. The molecule has 3 aromatic carbocycles. The standard InChI is InChI=1S/C28H25NO7S/c1-16-11-13-18(14-12-16)37-27-22(29-25(33)19-9-5-6-10-20(19)26(29)34)28(35,24(32)21(15-30)36-27)23(31)17-7-3-2-4-8-17/h2-14,21-22,24,27,30,32,35H,15H2,1H3/t21-,22-,24-,27+,28+/m1/s1. The summed E-state index contributed by atoms with van der Waals surface area (Å²) in [6.45, 7) is 1.22. The van der Waals surface area contributed by atoms with Gasteiger partial charge in [-0.1, -0.05) is 71.9 Å². The van der Waals surface area contributed by atoms with Gasteiger partial charge in [-0.15, -0.1) is 0 Å². The van der Waals surface area contributed by atoms with E-state index >= 15 is 0 Å². The number of imide groups is 1. The van der Waals surface area contributed by atoms with Crippen LogP contribution in [0, 0.1) is 6.92 Å². The Bertz CT molecular complexity index is 1310. The van der Waals surface area contributed by atoms with Crippen molar-refractivity contribution in [1.29, 1.82) is 0 Å². The van der Waals surface area contributed by atoms with Crippen molar-refractivity contribution >= 4 is 29.4 Å². The molecule has 2 aliphatic heterocycles. The summed E-state index contributed by atoms with van der Waals surface area (Å²) in [6, 6.07) is 19.8. The zero-order valence-electron chi connectivity index (χ0n) is 19.9. The number of thioether (sulfide) groups is 1. The lowest BCUT2D eigenvalue weighted by Gasteiger charge is -2.51. The molecule has 37 heavy (non-hydrogen) atoms. The minimum atomic E-state index is -2.68. The summed E-state index contributed by atoms with van der Waals surface area (Å²) in [7, 11) is 0. The molecule has 2 aliphatic rings. The van der Waals surface area contributed by atoms with Crippen LogP contribution < -0.4 is 0 Å². The number of nitrogens with zero attached hydrogens (tertiary/aromatic N) is 1. The van der Waals surface area contributed by atoms with Crippen LogP contribution in [0.3, 0.4) is 0 Å². The molecule has 1 saturated heterocycles. The lowest BCUT2D eigenvalue weighted by molar-refractivity contribution is -0.210. The molecule has 0 radical (unpaired) electrons. The number of carbonyl (C=O) groups excluding carboxylic acids is 3. The molecule has 3 N–H and O–H groups in total. The first-order valence-electron chi connectivity index (χ1n) is 11.7. The van der Waals surface area contributed by atoms with Gasteiger partial charge >= 0.3 is 0 Å². The summed E-state index contributed by atoms with van der Waals surface area (Å²) in [5.74, 6) is -2.31. The highest BCUT2D eigenvalue weighted by atomic mass is 32.2. The van der Waals surface area contributed by atoms with E-state index in [4.69, 9.17) is 4.74 Å². The maximum absolute atomic E-state index is 13.9. The number of ketones is 1. The Morgan fingerprint density at radius 3 is 2.08 bits per heavy atom. The predicted octanol–water partition coefficient (Wildman–Crippen LogP) is 2.44. The van der Waals surface area contributed by atoms with E-state index in [0.717, 1.165) is 22.2 Å². The molecule has 2 amide bonds. The Balaban J connectivity index is 1.67. The third kappa shape index (κ3) is 4.18. The van der Waals surface area contributed by atoms with Crippen LogP contribution in [0.25, 0.3) is 0 Å². The van der Waals surface area contributed by atoms with E-state index in [1.807, 2.05) is 19.1 Å². The van der Waals surface area contributed by atoms with E-state index < -0.39 is 53.5 Å². The van der Waals surface area contributed by atoms with Crippen molar-refractivity contribution < 1.29 is 34.4 Å². The van der Waals surface area contributed by atoms with Gasteiger partial charge in [0.05, 0.1) is 17.7 Å². The van der Waals surface area contributed by atoms with E-state index in [0.29, 0.717) is 4.90 Å². The van der Waals surface area contributed by atoms with E-state index in [2.05, 4.69) is 0 Å². The van der Waals surface area contributed by atoms with Crippen molar-refractivity contribution in [3.63, 3.8) is 0 Å². The Kier molecular flexibility index (Phi) is 6.74. The monoisotopic (exact) mass is 519 g/mol. The number of rotatable bonds is 6. The van der Waals surface area contributed by atoms with Crippen LogP contribution in [0.15, 0.2) is 83.8 Å². The number of ether oxygens (including phenoxy) is 1. The number of amides is 2. The fourth-order valence-electron chi connectivity index (χ4n) is 4.84. The number of hydrogen-bond donors (Lipinski definition) is 3. The normalized spacial score (nSPS) is 27.3. The quantitative estimate of drug-likeness (QED) is 0.335. The zero-order valence-corrected chi connectivity index (χ0v) is 20.7. The minimum Gasteiger partial charge on any atom is -0.394 e. The van der Waals surface area contributed by atoms with Gasteiger partial charge in [-0.25, -0.2) is 0 Å². The van der Waals surface area contributed by atoms with E-state index in [1.165, 1.54) is 24.3 Å². The molecule has 9 heteroatoms. The number of carbonyl (C=O) groups is 3. The summed E-state index contributed by atoms with van der Waals surface area (Å²) in [5, 5.41) is 33.4. The lowest BCUT2D eigenvalue weighted by atomic mass is 9.76. The first-order valence-corrected chi connectivity index (χ1v) is 12.6. The molecule has 0 spiro atoms. The molecular formula is C28H25NO7S. The number of hydrogen-bond acceptors (Lipinski definition) is 8. The van der Waals surface area contributed by atoms with Crippen LogP contribution in [0.5, 0.6) is 0 Å². The largest absolute Gasteiger partial charge is 0.394 e. The van der Waals surface area contributed by atoms with Gasteiger partial charge in [-0.3, -0.25) is 19.3 Å². The topological polar surface area (TPSA) is 124 Å². The van der Waals surface area contributed by atoms with E-state index in [9.17, 15) is 29.7 Å². The maximum Gasteiger partial charge on any atom is 0.262 e. The van der Waals surface area contributed by atoms with Crippen LogP contribution >= 0.6 is 11.8 Å². The van der Waals surface area contributed by atoms with Crippen LogP contribution in [0.2, 0.25) is 0 Å². The summed E-state index contributed by atoms with van der Waals surface area (Å²) in [6.07, 6.45) is -3.29. The summed E-state index contributed by atoms with van der Waals surface area (Å²) >= 11 is 1.08. The van der Waals surface area contributed by atoms with Crippen LogP contribution in [-0.4, -0.2) is 73.7 Å². The molecule has 0 aromatic heterocycles. The highest BCUT2D eigenvalue weighted by Crippen LogP contribution is 2.44. The number of aliphatic hydroxyl groups excluding tert-OH is 2. The maximum atomic E-state index is 13.9. The second kappa shape index (κ2) is 9.85. The lowest BCUT2D eigenvalue weighted by Crippen LogP contribution is -2.74. The minimum absolute atomic E-state index is 0.0725. The average molecular weight is 520 g/mol. The molecule has 0 bridgehead atoms. The van der Waals surface area contributed by atoms with Crippen LogP contribution in [0.1, 0.15) is 36.6 Å². The second-order valence-electron chi connectivity index (χ2n) is 9.09. The molecular weight excluding hydrogens is 494 g/mol. The number of aliphatic hydroxyl groups is 3. The van der Waals surface area contributed by atoms with Crippen molar-refractivity contribution in [1.82, 2.24) is 4.90 Å². The van der Waals surface area contributed by atoms with E-state index in [-0.39, 0.29) is 16.7 Å². The highest BCUT2D eigenvalue weighted by molar-refractivity contribution is 7.99. The number of aryl methyl sites for hydroxylation is 1. The molecule has 3 aromatic rings. The van der Waals surface area contributed by atoms with Gasteiger partial charge in [0, 0.05) is 10.5 Å². The van der Waals surface area contributed by atoms with Crippen molar-refractivity contribution in [2.75, 3.05) is 6.61 Å². The fraction of sp³-hybridized carbons (Fsp3) is 0.250. The summed E-state index contributed by atoms with van der Waals surface area (Å²) in [5.41, 5.74) is -2.54. The zero-order chi connectivity index (χ0) is 26.3. The van der Waals surface area contributed by atoms with Crippen molar-refractivity contribution in [3.8, 4) is 0 Å². The average Bonchev–Trinajstić information content (AvgIpc) is 3.17. The third-order valence-corrected chi connectivity index (χ3v) is 7.92. The smallest absolute Gasteiger partial charge is 0.262 e. The number of Topliss-reactive ketones (excluding diaryl/α,β-unsaturated/α-hetero) is 1. The molecule has 2 heterocycles. The van der Waals surface area contributed by atoms with Gasteiger partial charge in [-0.05, 0) is 31.2 Å². The second-order valence-corrected chi connectivity index (χ2v) is 10.3. The molecule has 8 nitrogen and oxygen atoms in total. The molecule has 5 atom stereocenters. The van der Waals surface area contributed by atoms with Crippen LogP contribution in [-0.2, 0) is 4.74 Å². The fourth-order valence-corrected chi connectivity index (χ4v) is 6.06.